The molecule has 4 aromatic rings. The number of para-hydroxylation sites is 1. The van der Waals surface area contributed by atoms with Crippen molar-refractivity contribution in [3.05, 3.63) is 89.0 Å². The molecule has 31 heavy (non-hydrogen) atoms. The summed E-state index contributed by atoms with van der Waals surface area (Å²) < 4.78 is 6.24. The van der Waals surface area contributed by atoms with Crippen molar-refractivity contribution in [1.29, 1.82) is 5.41 Å². The summed E-state index contributed by atoms with van der Waals surface area (Å²) in [5, 5.41) is 22.7. The maximum atomic E-state index is 12.5. The smallest absolute Gasteiger partial charge is 0.251 e. The summed E-state index contributed by atoms with van der Waals surface area (Å²) in [6.07, 6.45) is 1.56. The highest BCUT2D eigenvalue weighted by Gasteiger charge is 2.31. The molecule has 2 aromatic heterocycles. The molecule has 2 aromatic carbocycles. The number of benzene rings is 2. The first kappa shape index (κ1) is 19.1. The topological polar surface area (TPSA) is 102 Å². The van der Waals surface area contributed by atoms with E-state index in [-0.39, 0.29) is 24.0 Å². The molecule has 0 bridgehead atoms. The first-order valence-corrected chi connectivity index (χ1v) is 10.5. The van der Waals surface area contributed by atoms with E-state index in [0.717, 1.165) is 10.2 Å². The van der Waals surface area contributed by atoms with Gasteiger partial charge in [-0.3, -0.25) is 10.2 Å². The molecule has 0 saturated carbocycles. The number of aromatic nitrogens is 1. The van der Waals surface area contributed by atoms with Gasteiger partial charge in [-0.05, 0) is 42.5 Å². The van der Waals surface area contributed by atoms with Crippen LogP contribution in [0, 0.1) is 5.41 Å². The van der Waals surface area contributed by atoms with Gasteiger partial charge < -0.3 is 19.7 Å². The van der Waals surface area contributed by atoms with Crippen molar-refractivity contribution in [2.45, 2.75) is 6.54 Å². The van der Waals surface area contributed by atoms with Gasteiger partial charge in [0.2, 0.25) is 0 Å². The number of amides is 1. The van der Waals surface area contributed by atoms with E-state index in [0.29, 0.717) is 34.1 Å². The van der Waals surface area contributed by atoms with Crippen molar-refractivity contribution in [3.63, 3.8) is 0 Å². The minimum absolute atomic E-state index is 0.0942. The van der Waals surface area contributed by atoms with Crippen molar-refractivity contribution in [1.82, 2.24) is 10.3 Å². The number of thiazole rings is 1. The van der Waals surface area contributed by atoms with Crippen LogP contribution in [0.15, 0.2) is 77.1 Å². The third kappa shape index (κ3) is 3.57. The number of aliphatic hydroxyl groups is 1. The molecule has 3 N–H and O–H groups in total. The first-order valence-electron chi connectivity index (χ1n) is 9.65. The van der Waals surface area contributed by atoms with Crippen LogP contribution >= 0.6 is 11.3 Å². The molecule has 0 aliphatic carbocycles. The summed E-state index contributed by atoms with van der Waals surface area (Å²) in [7, 11) is 0. The number of hydrogen-bond acceptors (Lipinski definition) is 6. The summed E-state index contributed by atoms with van der Waals surface area (Å²) in [5.41, 5.74) is 2.38. The van der Waals surface area contributed by atoms with Gasteiger partial charge in [-0.25, -0.2) is 4.98 Å². The molecule has 3 heterocycles. The Hall–Kier alpha value is -3.91. The second-order valence-electron chi connectivity index (χ2n) is 7.06. The highest BCUT2D eigenvalue weighted by Crippen LogP contribution is 2.35. The van der Waals surface area contributed by atoms with Crippen LogP contribution in [0.5, 0.6) is 0 Å². The molecular weight excluding hydrogens is 412 g/mol. The molecular formula is C23H18N4O3S. The van der Waals surface area contributed by atoms with E-state index in [1.54, 1.807) is 41.5 Å². The van der Waals surface area contributed by atoms with E-state index in [1.807, 2.05) is 30.3 Å². The van der Waals surface area contributed by atoms with Gasteiger partial charge in [0.15, 0.2) is 0 Å². The number of carbonyl (C=O) groups excluding carboxylic acids is 1. The number of amidine groups is 1. The Morgan fingerprint density at radius 2 is 2.06 bits per heavy atom. The summed E-state index contributed by atoms with van der Waals surface area (Å²) >= 11 is 1.44. The largest absolute Gasteiger partial charge is 0.510 e. The zero-order valence-electron chi connectivity index (χ0n) is 16.3. The number of nitrogens with zero attached hydrogens (tertiary/aromatic N) is 2. The SMILES string of the molecule is N=C1C(c2nc3ccccc3s2)=C(O)CN1c1cccc(C(=O)NCc2ccco2)c1. The van der Waals surface area contributed by atoms with Crippen LogP contribution in [0.4, 0.5) is 5.69 Å². The fourth-order valence-corrected chi connectivity index (χ4v) is 4.54. The van der Waals surface area contributed by atoms with Gasteiger partial charge in [0.05, 0.1) is 35.1 Å². The molecule has 1 aliphatic rings. The Balaban J connectivity index is 1.37. The highest BCUT2D eigenvalue weighted by molar-refractivity contribution is 7.19. The second-order valence-corrected chi connectivity index (χ2v) is 8.09. The van der Waals surface area contributed by atoms with E-state index in [2.05, 4.69) is 10.3 Å². The minimum atomic E-state index is -0.243. The summed E-state index contributed by atoms with van der Waals surface area (Å²) in [5.74, 6) is 0.675. The average Bonchev–Trinajstić information content (AvgIpc) is 3.51. The van der Waals surface area contributed by atoms with Crippen LogP contribution < -0.4 is 10.2 Å². The highest BCUT2D eigenvalue weighted by atomic mass is 32.1. The van der Waals surface area contributed by atoms with Crippen molar-refractivity contribution in [2.75, 3.05) is 11.4 Å². The maximum Gasteiger partial charge on any atom is 0.251 e. The molecule has 8 heteroatoms. The molecule has 0 unspecified atom stereocenters. The molecule has 1 aliphatic heterocycles. The molecule has 154 valence electrons. The Kier molecular flexibility index (Phi) is 4.76. The van der Waals surface area contributed by atoms with Crippen molar-refractivity contribution < 1.29 is 14.3 Å². The molecule has 0 atom stereocenters. The number of rotatable bonds is 5. The van der Waals surface area contributed by atoms with E-state index in [4.69, 9.17) is 9.83 Å². The van der Waals surface area contributed by atoms with Crippen molar-refractivity contribution in [2.24, 2.45) is 0 Å². The van der Waals surface area contributed by atoms with Crippen molar-refractivity contribution >= 4 is 44.6 Å². The molecule has 7 nitrogen and oxygen atoms in total. The lowest BCUT2D eigenvalue weighted by atomic mass is 10.1. The van der Waals surface area contributed by atoms with Crippen LogP contribution in [0.2, 0.25) is 0 Å². The Labute approximate surface area is 181 Å². The zero-order valence-corrected chi connectivity index (χ0v) is 17.1. The fourth-order valence-electron chi connectivity index (χ4n) is 3.50. The molecule has 0 radical (unpaired) electrons. The van der Waals surface area contributed by atoms with E-state index >= 15 is 0 Å². The number of carbonyl (C=O) groups is 1. The molecule has 5 rings (SSSR count). The van der Waals surface area contributed by atoms with Crippen LogP contribution in [0.1, 0.15) is 21.1 Å². The zero-order chi connectivity index (χ0) is 21.4. The van der Waals surface area contributed by atoms with E-state index < -0.39 is 0 Å². The van der Waals surface area contributed by atoms with Gasteiger partial charge in [0.25, 0.3) is 5.91 Å². The van der Waals surface area contributed by atoms with Gasteiger partial charge in [-0.2, -0.15) is 0 Å². The first-order chi connectivity index (χ1) is 15.1. The predicted octanol–water partition coefficient (Wildman–Crippen LogP) is 4.59. The number of anilines is 1. The summed E-state index contributed by atoms with van der Waals surface area (Å²) in [4.78, 5) is 18.8. The van der Waals surface area contributed by atoms with Crippen LogP contribution in [0.3, 0.4) is 0 Å². The molecule has 1 amide bonds. The normalized spacial score (nSPS) is 13.9. The molecule has 0 fully saturated rings. The number of aliphatic hydroxyl groups excluding tert-OH is 1. The van der Waals surface area contributed by atoms with Gasteiger partial charge in [-0.15, -0.1) is 11.3 Å². The van der Waals surface area contributed by atoms with E-state index in [9.17, 15) is 9.90 Å². The Bertz CT molecular complexity index is 1290. The van der Waals surface area contributed by atoms with Crippen molar-refractivity contribution in [3.8, 4) is 0 Å². The maximum absolute atomic E-state index is 12.5. The number of hydrogen-bond donors (Lipinski definition) is 3. The van der Waals surface area contributed by atoms with Gasteiger partial charge in [-0.1, -0.05) is 18.2 Å². The standard InChI is InChI=1S/C23H18N4O3S/c24-21-20(23-26-17-8-1-2-9-19(17)31-23)18(28)13-27(21)15-6-3-5-14(11-15)22(29)25-12-16-7-4-10-30-16/h1-11,24,28H,12-13H2,(H,25,29). The van der Waals surface area contributed by atoms with Gasteiger partial charge >= 0.3 is 0 Å². The minimum Gasteiger partial charge on any atom is -0.510 e. The van der Waals surface area contributed by atoms with Gasteiger partial charge in [0.1, 0.15) is 22.4 Å². The predicted molar refractivity (Wildman–Crippen MR) is 121 cm³/mol. The number of furan rings is 1. The van der Waals surface area contributed by atoms with Crippen LogP contribution in [-0.2, 0) is 6.54 Å². The lowest BCUT2D eigenvalue weighted by molar-refractivity contribution is 0.0948. The lowest BCUT2D eigenvalue weighted by Crippen LogP contribution is -2.27. The quantitative estimate of drug-likeness (QED) is 0.430. The van der Waals surface area contributed by atoms with Gasteiger partial charge in [0, 0.05) is 11.3 Å². The number of fused-ring (bicyclic) bond motifs is 1. The monoisotopic (exact) mass is 430 g/mol. The molecule has 0 spiro atoms. The molecule has 0 saturated heterocycles. The average molecular weight is 430 g/mol. The fraction of sp³-hybridized carbons (Fsp3) is 0.0870. The number of nitrogens with one attached hydrogen (secondary N) is 2. The Morgan fingerprint density at radius 1 is 1.19 bits per heavy atom. The third-order valence-corrected chi connectivity index (χ3v) is 6.09. The lowest BCUT2D eigenvalue weighted by Gasteiger charge is -2.19. The third-order valence-electron chi connectivity index (χ3n) is 5.03. The summed E-state index contributed by atoms with van der Waals surface area (Å²) in [6.45, 7) is 0.446. The van der Waals surface area contributed by atoms with E-state index in [1.165, 1.54) is 11.3 Å². The second kappa shape index (κ2) is 7.73. The van der Waals surface area contributed by atoms with Crippen LogP contribution in [0.25, 0.3) is 15.8 Å². The van der Waals surface area contributed by atoms with Crippen LogP contribution in [-0.4, -0.2) is 28.4 Å². The summed E-state index contributed by atoms with van der Waals surface area (Å²) in [6, 6.07) is 18.3. The Morgan fingerprint density at radius 3 is 2.87 bits per heavy atom.